The number of imidazole rings is 1. The molecule has 0 radical (unpaired) electrons. The summed E-state index contributed by atoms with van der Waals surface area (Å²) in [5.41, 5.74) is 6.22. The average molecular weight is 662 g/mol. The van der Waals surface area contributed by atoms with Gasteiger partial charge in [-0.05, 0) is 111 Å². The van der Waals surface area contributed by atoms with Gasteiger partial charge in [-0.2, -0.15) is 5.26 Å². The largest absolute Gasteiger partial charge is 0.507 e. The molecule has 0 bridgehead atoms. The Hall–Kier alpha value is -5.69. The minimum absolute atomic E-state index is 0.160. The zero-order valence-electron chi connectivity index (χ0n) is 28.2. The Morgan fingerprint density at radius 3 is 2.39 bits per heavy atom. The van der Waals surface area contributed by atoms with Crippen LogP contribution in [0.1, 0.15) is 52.5 Å². The van der Waals surface area contributed by atoms with Gasteiger partial charge < -0.3 is 33.7 Å². The Labute approximate surface area is 285 Å². The van der Waals surface area contributed by atoms with Crippen LogP contribution in [0, 0.1) is 32.1 Å². The zero-order chi connectivity index (χ0) is 34.9. The summed E-state index contributed by atoms with van der Waals surface area (Å²) in [4.78, 5) is 16.6. The van der Waals surface area contributed by atoms with E-state index in [1.165, 1.54) is 0 Å². The Morgan fingerprint density at radius 1 is 1.00 bits per heavy atom. The van der Waals surface area contributed by atoms with Crippen LogP contribution in [0.15, 0.2) is 66.7 Å². The van der Waals surface area contributed by atoms with Crippen molar-refractivity contribution < 1.29 is 34.0 Å². The van der Waals surface area contributed by atoms with Crippen LogP contribution < -0.4 is 18.9 Å². The highest BCUT2D eigenvalue weighted by atomic mass is 16.5. The number of hydrogen-bond acceptors (Lipinski definition) is 8. The number of carboxylic acids is 1. The van der Waals surface area contributed by atoms with Gasteiger partial charge in [-0.3, -0.25) is 0 Å². The van der Waals surface area contributed by atoms with E-state index in [0.717, 1.165) is 63.3 Å². The Morgan fingerprint density at radius 2 is 1.69 bits per heavy atom. The first kappa shape index (κ1) is 33.2. The van der Waals surface area contributed by atoms with Crippen molar-refractivity contribution >= 4 is 17.0 Å². The molecule has 2 heterocycles. The molecule has 252 valence electrons. The molecule has 2 atom stereocenters. The molecule has 1 aliphatic heterocycles. The maximum atomic E-state index is 11.9. The van der Waals surface area contributed by atoms with Crippen LogP contribution in [0.25, 0.3) is 11.0 Å². The molecular weight excluding hydrogens is 622 g/mol. The average Bonchev–Trinajstić information content (AvgIpc) is 3.42. The summed E-state index contributed by atoms with van der Waals surface area (Å²) in [6.45, 7) is 8.51. The molecule has 10 heteroatoms. The Balaban J connectivity index is 1.07. The van der Waals surface area contributed by atoms with Gasteiger partial charge in [-0.25, -0.2) is 9.78 Å². The summed E-state index contributed by atoms with van der Waals surface area (Å²) in [6, 6.07) is 21.4. The predicted octanol–water partition coefficient (Wildman–Crippen LogP) is 6.89. The Bertz CT molecular complexity index is 2060. The summed E-state index contributed by atoms with van der Waals surface area (Å²) in [5, 5.41) is 29.2. The van der Waals surface area contributed by atoms with Gasteiger partial charge in [0.05, 0.1) is 22.7 Å². The third-order valence-electron chi connectivity index (χ3n) is 9.33. The predicted molar refractivity (Wildman–Crippen MR) is 184 cm³/mol. The van der Waals surface area contributed by atoms with E-state index in [4.69, 9.17) is 29.2 Å². The number of carboxylic acid groups (broad SMARTS) is 1. The number of phenols is 1. The number of aliphatic carboxylic acids is 1. The number of fused-ring (bicyclic) bond motifs is 2. The number of phenolic OH excluding ortho intramolecular Hbond substituents is 1. The van der Waals surface area contributed by atoms with E-state index in [2.05, 4.69) is 6.92 Å². The maximum Gasteiger partial charge on any atom is 0.345 e. The molecule has 0 saturated heterocycles. The summed E-state index contributed by atoms with van der Waals surface area (Å²) in [7, 11) is 1.94. The fourth-order valence-electron chi connectivity index (χ4n) is 6.11. The number of ether oxygens (including phenoxy) is 4. The number of nitrogens with zero attached hydrogens (tertiary/aromatic N) is 3. The molecule has 1 aliphatic rings. The van der Waals surface area contributed by atoms with Crippen LogP contribution in [0.5, 0.6) is 28.7 Å². The van der Waals surface area contributed by atoms with Crippen molar-refractivity contribution in [3.05, 3.63) is 106 Å². The summed E-state index contributed by atoms with van der Waals surface area (Å²) in [6.07, 6.45) is 0.648. The number of aromatic hydroxyl groups is 1. The van der Waals surface area contributed by atoms with Crippen molar-refractivity contribution in [3.8, 4) is 34.8 Å². The molecule has 4 aromatic carbocycles. The molecule has 10 nitrogen and oxygen atoms in total. The first-order chi connectivity index (χ1) is 23.4. The van der Waals surface area contributed by atoms with E-state index in [0.29, 0.717) is 35.2 Å². The highest BCUT2D eigenvalue weighted by Crippen LogP contribution is 2.43. The standard InChI is InChI=1S/C39H39N3O7/c1-23-24(2)37-31(25(3)36(23)43)16-17-39(4,49-37)22-47-30-14-15-32-33(19-30)42(5)35(41-32)21-46-28-10-6-26(7-11-28)18-34(38(44)45)48-29-12-8-27(20-40)9-13-29/h6-15,19,34,43H,16-18,21-22H2,1-5H3,(H,44,45). The molecular formula is C39H39N3O7. The van der Waals surface area contributed by atoms with Crippen LogP contribution in [-0.2, 0) is 31.3 Å². The topological polar surface area (TPSA) is 136 Å². The monoisotopic (exact) mass is 661 g/mol. The van der Waals surface area contributed by atoms with Crippen LogP contribution in [0.3, 0.4) is 0 Å². The zero-order valence-corrected chi connectivity index (χ0v) is 28.2. The molecule has 49 heavy (non-hydrogen) atoms. The SMILES string of the molecule is Cc1c(C)c2c(c(C)c1O)CCC(C)(COc1ccc3nc(COc4ccc(CC(Oc5ccc(C#N)cc5)C(=O)O)cc4)n(C)c3c1)O2. The van der Waals surface area contributed by atoms with Gasteiger partial charge in [-0.15, -0.1) is 0 Å². The molecule has 5 aromatic rings. The lowest BCUT2D eigenvalue weighted by molar-refractivity contribution is -0.145. The van der Waals surface area contributed by atoms with Gasteiger partial charge in [0.1, 0.15) is 53.4 Å². The van der Waals surface area contributed by atoms with Crippen molar-refractivity contribution in [3.63, 3.8) is 0 Å². The molecule has 1 aromatic heterocycles. The summed E-state index contributed by atoms with van der Waals surface area (Å²) in [5.74, 6) is 2.58. The number of aryl methyl sites for hydroxylation is 1. The second-order valence-corrected chi connectivity index (χ2v) is 12.8. The van der Waals surface area contributed by atoms with Crippen molar-refractivity contribution in [2.75, 3.05) is 6.61 Å². The molecule has 2 N–H and O–H groups in total. The van der Waals surface area contributed by atoms with Crippen LogP contribution in [-0.4, -0.2) is 44.0 Å². The maximum absolute atomic E-state index is 11.9. The summed E-state index contributed by atoms with van der Waals surface area (Å²) >= 11 is 0. The number of hydrogen-bond donors (Lipinski definition) is 2. The van der Waals surface area contributed by atoms with E-state index >= 15 is 0 Å². The molecule has 0 aliphatic carbocycles. The minimum Gasteiger partial charge on any atom is -0.507 e. The smallest absolute Gasteiger partial charge is 0.345 e. The van der Waals surface area contributed by atoms with E-state index in [-0.39, 0.29) is 13.0 Å². The van der Waals surface area contributed by atoms with E-state index in [1.807, 2.05) is 68.8 Å². The minimum atomic E-state index is -1.09. The van der Waals surface area contributed by atoms with Crippen LogP contribution in [0.4, 0.5) is 0 Å². The molecule has 0 fully saturated rings. The number of nitriles is 1. The Kier molecular flexibility index (Phi) is 9.11. The van der Waals surface area contributed by atoms with Gasteiger partial charge in [0.25, 0.3) is 0 Å². The molecule has 6 rings (SSSR count). The van der Waals surface area contributed by atoms with Crippen molar-refractivity contribution in [2.24, 2.45) is 7.05 Å². The second kappa shape index (κ2) is 13.4. The number of rotatable bonds is 11. The van der Waals surface area contributed by atoms with Gasteiger partial charge in [0, 0.05) is 25.1 Å². The number of benzene rings is 4. The first-order valence-corrected chi connectivity index (χ1v) is 16.1. The molecule has 0 amide bonds. The lowest BCUT2D eigenvalue weighted by Crippen LogP contribution is -2.42. The fraction of sp³-hybridized carbons (Fsp3) is 0.308. The van der Waals surface area contributed by atoms with Crippen LogP contribution in [0.2, 0.25) is 0 Å². The first-order valence-electron chi connectivity index (χ1n) is 16.1. The highest BCUT2D eigenvalue weighted by molar-refractivity contribution is 5.77. The van der Waals surface area contributed by atoms with Gasteiger partial charge in [-0.1, -0.05) is 12.1 Å². The third kappa shape index (κ3) is 6.97. The molecule has 0 spiro atoms. The third-order valence-corrected chi connectivity index (χ3v) is 9.33. The van der Waals surface area contributed by atoms with Gasteiger partial charge in [0.15, 0.2) is 6.10 Å². The van der Waals surface area contributed by atoms with Crippen LogP contribution >= 0.6 is 0 Å². The van der Waals surface area contributed by atoms with E-state index in [1.54, 1.807) is 36.4 Å². The molecule has 2 unspecified atom stereocenters. The fourth-order valence-corrected chi connectivity index (χ4v) is 6.11. The van der Waals surface area contributed by atoms with Gasteiger partial charge >= 0.3 is 5.97 Å². The lowest BCUT2D eigenvalue weighted by atomic mass is 9.87. The number of carbonyl (C=O) groups is 1. The quantitative estimate of drug-likeness (QED) is 0.155. The number of aromatic nitrogens is 2. The van der Waals surface area contributed by atoms with Crippen molar-refractivity contribution in [1.29, 1.82) is 5.26 Å². The lowest BCUT2D eigenvalue weighted by Gasteiger charge is -2.37. The van der Waals surface area contributed by atoms with Crippen molar-refractivity contribution in [1.82, 2.24) is 9.55 Å². The summed E-state index contributed by atoms with van der Waals surface area (Å²) < 4.78 is 26.5. The van der Waals surface area contributed by atoms with Gasteiger partial charge in [0.2, 0.25) is 0 Å². The van der Waals surface area contributed by atoms with E-state index < -0.39 is 17.7 Å². The van der Waals surface area contributed by atoms with Crippen molar-refractivity contribution in [2.45, 2.75) is 65.3 Å². The second-order valence-electron chi connectivity index (χ2n) is 12.8. The van der Waals surface area contributed by atoms with E-state index in [9.17, 15) is 15.0 Å². The normalized spacial score (nSPS) is 15.9. The molecule has 0 saturated carbocycles. The highest BCUT2D eigenvalue weighted by Gasteiger charge is 2.35.